The molecule has 0 fully saturated rings. The Balaban J connectivity index is 0. The number of rotatable bonds is 2. The van der Waals surface area contributed by atoms with E-state index in [0.717, 1.165) is 7.11 Å². The average molecular weight is 150 g/mol. The van der Waals surface area contributed by atoms with Crippen molar-refractivity contribution in [1.29, 1.82) is 0 Å². The smallest absolute Gasteiger partial charge is 0.308 e. The van der Waals surface area contributed by atoms with Crippen LogP contribution >= 0.6 is 0 Å². The van der Waals surface area contributed by atoms with Crippen molar-refractivity contribution < 1.29 is 19.7 Å². The molecule has 1 unspecified atom stereocenters. The van der Waals surface area contributed by atoms with Crippen LogP contribution in [-0.2, 0) is 9.53 Å². The predicted molar refractivity (Wildman–Crippen MR) is 36.5 cm³/mol. The molecule has 10 heavy (non-hydrogen) atoms. The summed E-state index contributed by atoms with van der Waals surface area (Å²) in [6, 6.07) is 0. The summed E-state index contributed by atoms with van der Waals surface area (Å²) in [5.74, 6) is -0.375. The number of methoxy groups -OCH3 is 1. The van der Waals surface area contributed by atoms with Gasteiger partial charge >= 0.3 is 5.97 Å². The van der Waals surface area contributed by atoms with E-state index in [0.29, 0.717) is 0 Å². The third-order valence-electron chi connectivity index (χ3n) is 0.690. The highest BCUT2D eigenvalue weighted by atomic mass is 16.5. The third kappa shape index (κ3) is 10.4. The van der Waals surface area contributed by atoms with Crippen molar-refractivity contribution in [2.75, 3.05) is 14.2 Å². The zero-order chi connectivity index (χ0) is 8.57. The molecule has 0 saturated carbocycles. The summed E-state index contributed by atoms with van der Waals surface area (Å²) < 4.78 is 4.26. The predicted octanol–water partition coefficient (Wildman–Crippen LogP) is -0.461. The second kappa shape index (κ2) is 8.39. The lowest BCUT2D eigenvalue weighted by Crippen LogP contribution is -2.10. The number of hydrogen-bond donors (Lipinski definition) is 2. The number of carbonyl (C=O) groups excluding carboxylic acids is 1. The molecule has 1 atom stereocenters. The molecule has 0 radical (unpaired) electrons. The number of aliphatic hydroxyl groups excluding tert-OH is 2. The summed E-state index contributed by atoms with van der Waals surface area (Å²) in [6.07, 6.45) is -0.515. The molecule has 0 heterocycles. The first kappa shape index (κ1) is 12.1. The topological polar surface area (TPSA) is 66.8 Å². The van der Waals surface area contributed by atoms with Crippen molar-refractivity contribution in [3.63, 3.8) is 0 Å². The van der Waals surface area contributed by atoms with Gasteiger partial charge in [0.05, 0.1) is 19.6 Å². The van der Waals surface area contributed by atoms with E-state index < -0.39 is 6.10 Å². The third-order valence-corrected chi connectivity index (χ3v) is 0.690. The van der Waals surface area contributed by atoms with Gasteiger partial charge in [0, 0.05) is 7.11 Å². The Kier molecular flexibility index (Phi) is 10.2. The average Bonchev–Trinajstić information content (AvgIpc) is 1.91. The number of ether oxygens (including phenoxy) is 1. The first-order valence-electron chi connectivity index (χ1n) is 2.86. The monoisotopic (exact) mass is 150 g/mol. The van der Waals surface area contributed by atoms with Gasteiger partial charge in [-0.2, -0.15) is 0 Å². The van der Waals surface area contributed by atoms with Crippen LogP contribution in [0.2, 0.25) is 0 Å². The molecule has 0 aliphatic rings. The van der Waals surface area contributed by atoms with Crippen molar-refractivity contribution in [2.24, 2.45) is 0 Å². The van der Waals surface area contributed by atoms with E-state index in [9.17, 15) is 4.79 Å². The minimum absolute atomic E-state index is 0.0799. The first-order chi connectivity index (χ1) is 4.66. The molecule has 4 heteroatoms. The molecule has 0 aliphatic heterocycles. The van der Waals surface area contributed by atoms with E-state index in [-0.39, 0.29) is 12.4 Å². The van der Waals surface area contributed by atoms with Crippen molar-refractivity contribution in [3.8, 4) is 0 Å². The van der Waals surface area contributed by atoms with Crippen LogP contribution in [0.25, 0.3) is 0 Å². The summed E-state index contributed by atoms with van der Waals surface area (Å²) in [6.45, 7) is 1.54. The van der Waals surface area contributed by atoms with Crippen LogP contribution in [0.3, 0.4) is 0 Å². The Bertz CT molecular complexity index is 79.8. The largest absolute Gasteiger partial charge is 0.469 e. The van der Waals surface area contributed by atoms with Crippen LogP contribution in [0.5, 0.6) is 0 Å². The Morgan fingerprint density at radius 3 is 2.10 bits per heavy atom. The molecular formula is C6H14O4. The summed E-state index contributed by atoms with van der Waals surface area (Å²) in [5.41, 5.74) is 0. The number of carbonyl (C=O) groups is 1. The molecule has 62 valence electrons. The van der Waals surface area contributed by atoms with E-state index in [2.05, 4.69) is 4.74 Å². The molecule has 0 aromatic heterocycles. The zero-order valence-corrected chi connectivity index (χ0v) is 6.50. The standard InChI is InChI=1S/C5H10O3.CH4O/c1-4(6)3-5(7)8-2;1-2/h4,6H,3H2,1-2H3;2H,1H3. The van der Waals surface area contributed by atoms with Gasteiger partial charge in [-0.25, -0.2) is 0 Å². The van der Waals surface area contributed by atoms with Gasteiger partial charge in [0.1, 0.15) is 0 Å². The van der Waals surface area contributed by atoms with Crippen LogP contribution in [0.4, 0.5) is 0 Å². The molecule has 4 nitrogen and oxygen atoms in total. The fourth-order valence-electron chi connectivity index (χ4n) is 0.325. The maximum absolute atomic E-state index is 10.2. The van der Waals surface area contributed by atoms with Crippen molar-refractivity contribution >= 4 is 5.97 Å². The Labute approximate surface area is 60.4 Å². The molecule has 0 aliphatic carbocycles. The van der Waals surface area contributed by atoms with Crippen LogP contribution in [0, 0.1) is 0 Å². The second-order valence-electron chi connectivity index (χ2n) is 1.63. The highest BCUT2D eigenvalue weighted by Gasteiger charge is 2.03. The maximum atomic E-state index is 10.2. The van der Waals surface area contributed by atoms with Crippen LogP contribution in [0.1, 0.15) is 13.3 Å². The SMILES string of the molecule is CO.COC(=O)CC(C)O. The normalized spacial score (nSPS) is 10.9. The van der Waals surface area contributed by atoms with E-state index in [1.807, 2.05) is 0 Å². The highest BCUT2D eigenvalue weighted by molar-refractivity contribution is 5.69. The van der Waals surface area contributed by atoms with Crippen molar-refractivity contribution in [1.82, 2.24) is 0 Å². The number of aliphatic hydroxyl groups is 2. The van der Waals surface area contributed by atoms with Gasteiger partial charge in [0.2, 0.25) is 0 Å². The summed E-state index contributed by atoms with van der Waals surface area (Å²) >= 11 is 0. The van der Waals surface area contributed by atoms with Crippen LogP contribution < -0.4 is 0 Å². The van der Waals surface area contributed by atoms with Gasteiger partial charge in [0.25, 0.3) is 0 Å². The second-order valence-corrected chi connectivity index (χ2v) is 1.63. The maximum Gasteiger partial charge on any atom is 0.308 e. The lowest BCUT2D eigenvalue weighted by atomic mass is 10.3. The van der Waals surface area contributed by atoms with Gasteiger partial charge in [-0.1, -0.05) is 0 Å². The summed E-state index contributed by atoms with van der Waals surface area (Å²) in [4.78, 5) is 10.2. The highest BCUT2D eigenvalue weighted by Crippen LogP contribution is 1.89. The molecular weight excluding hydrogens is 136 g/mol. The van der Waals surface area contributed by atoms with Gasteiger partial charge in [0.15, 0.2) is 0 Å². The zero-order valence-electron chi connectivity index (χ0n) is 6.50. The van der Waals surface area contributed by atoms with Crippen LogP contribution in [0.15, 0.2) is 0 Å². The lowest BCUT2D eigenvalue weighted by molar-refractivity contribution is -0.142. The molecule has 2 N–H and O–H groups in total. The molecule has 0 saturated heterocycles. The van der Waals surface area contributed by atoms with Crippen LogP contribution in [-0.4, -0.2) is 36.5 Å². The lowest BCUT2D eigenvalue weighted by Gasteiger charge is -1.99. The molecule has 0 spiro atoms. The van der Waals surface area contributed by atoms with Crippen molar-refractivity contribution in [3.05, 3.63) is 0 Å². The van der Waals surface area contributed by atoms with E-state index >= 15 is 0 Å². The molecule has 0 bridgehead atoms. The fraction of sp³-hybridized carbons (Fsp3) is 0.833. The minimum Gasteiger partial charge on any atom is -0.469 e. The Morgan fingerprint density at radius 2 is 2.00 bits per heavy atom. The fourth-order valence-corrected chi connectivity index (χ4v) is 0.325. The Morgan fingerprint density at radius 1 is 1.60 bits per heavy atom. The van der Waals surface area contributed by atoms with Gasteiger partial charge < -0.3 is 14.9 Å². The molecule has 0 aromatic rings. The molecule has 0 aromatic carbocycles. The number of esters is 1. The summed E-state index contributed by atoms with van der Waals surface area (Å²) in [5, 5.41) is 15.6. The minimum atomic E-state index is -0.595. The van der Waals surface area contributed by atoms with Crippen molar-refractivity contribution in [2.45, 2.75) is 19.4 Å². The van der Waals surface area contributed by atoms with E-state index in [1.165, 1.54) is 14.0 Å². The van der Waals surface area contributed by atoms with E-state index in [1.54, 1.807) is 0 Å². The number of hydrogen-bond acceptors (Lipinski definition) is 4. The van der Waals surface area contributed by atoms with E-state index in [4.69, 9.17) is 10.2 Å². The molecule has 0 amide bonds. The van der Waals surface area contributed by atoms with Gasteiger partial charge in [-0.05, 0) is 6.92 Å². The van der Waals surface area contributed by atoms with Gasteiger partial charge in [-0.15, -0.1) is 0 Å². The first-order valence-corrected chi connectivity index (χ1v) is 2.86. The Hall–Kier alpha value is -0.610. The van der Waals surface area contributed by atoms with Gasteiger partial charge in [-0.3, -0.25) is 4.79 Å². The summed E-state index contributed by atoms with van der Waals surface area (Å²) in [7, 11) is 2.30. The molecule has 0 rings (SSSR count). The quantitative estimate of drug-likeness (QED) is 0.523.